The SMILES string of the molecule is CC(C)(C)c1ccc(N2[C@@H](c3ccc(Br)cc3)CC[C@@H]2c2ccc(Br)cc2)cc1. The topological polar surface area (TPSA) is 3.24 Å². The Kier molecular flexibility index (Phi) is 5.90. The zero-order chi connectivity index (χ0) is 20.6. The van der Waals surface area contributed by atoms with Crippen molar-refractivity contribution in [2.75, 3.05) is 4.90 Å². The summed E-state index contributed by atoms with van der Waals surface area (Å²) in [6, 6.07) is 27.6. The van der Waals surface area contributed by atoms with Crippen LogP contribution in [-0.4, -0.2) is 0 Å². The fraction of sp³-hybridized carbons (Fsp3) is 0.308. The molecule has 1 saturated heterocycles. The minimum absolute atomic E-state index is 0.166. The van der Waals surface area contributed by atoms with Gasteiger partial charge < -0.3 is 4.90 Å². The number of benzene rings is 3. The second kappa shape index (κ2) is 8.28. The second-order valence-electron chi connectivity index (χ2n) is 8.92. The molecule has 3 aromatic carbocycles. The molecule has 1 aliphatic rings. The van der Waals surface area contributed by atoms with E-state index in [1.54, 1.807) is 0 Å². The first kappa shape index (κ1) is 20.7. The molecule has 2 atom stereocenters. The van der Waals surface area contributed by atoms with Crippen LogP contribution in [0.15, 0.2) is 81.7 Å². The molecule has 0 aliphatic carbocycles. The first-order valence-corrected chi connectivity index (χ1v) is 11.8. The van der Waals surface area contributed by atoms with E-state index in [-0.39, 0.29) is 5.41 Å². The second-order valence-corrected chi connectivity index (χ2v) is 10.7. The van der Waals surface area contributed by atoms with E-state index in [2.05, 4.69) is 130 Å². The van der Waals surface area contributed by atoms with Crippen molar-refractivity contribution in [1.82, 2.24) is 0 Å². The minimum Gasteiger partial charge on any atom is -0.357 e. The summed E-state index contributed by atoms with van der Waals surface area (Å²) in [6.07, 6.45) is 2.31. The van der Waals surface area contributed by atoms with Gasteiger partial charge in [-0.25, -0.2) is 0 Å². The molecule has 0 saturated carbocycles. The van der Waals surface area contributed by atoms with E-state index in [1.807, 2.05) is 0 Å². The molecule has 29 heavy (non-hydrogen) atoms. The average molecular weight is 513 g/mol. The van der Waals surface area contributed by atoms with E-state index in [4.69, 9.17) is 0 Å². The summed E-state index contributed by atoms with van der Waals surface area (Å²) in [7, 11) is 0. The molecule has 0 aromatic heterocycles. The van der Waals surface area contributed by atoms with Crippen molar-refractivity contribution in [3.8, 4) is 0 Å². The predicted molar refractivity (Wildman–Crippen MR) is 131 cm³/mol. The molecule has 0 radical (unpaired) electrons. The normalized spacial score (nSPS) is 19.6. The van der Waals surface area contributed by atoms with Crippen LogP contribution in [0, 0.1) is 0 Å². The van der Waals surface area contributed by atoms with Crippen LogP contribution in [0.4, 0.5) is 5.69 Å². The number of rotatable bonds is 3. The van der Waals surface area contributed by atoms with E-state index in [0.717, 1.165) is 21.8 Å². The predicted octanol–water partition coefficient (Wildman–Crippen LogP) is 8.59. The van der Waals surface area contributed by atoms with Crippen LogP contribution >= 0.6 is 31.9 Å². The van der Waals surface area contributed by atoms with Crippen LogP contribution in [0.3, 0.4) is 0 Å². The molecule has 0 bridgehead atoms. The summed E-state index contributed by atoms with van der Waals surface area (Å²) in [5.41, 5.74) is 5.61. The monoisotopic (exact) mass is 511 g/mol. The molecule has 0 amide bonds. The maximum absolute atomic E-state index is 3.58. The standard InChI is InChI=1S/C26H27Br2N/c1-26(2,3)20-8-14-23(15-9-20)29-24(18-4-10-21(27)11-5-18)16-17-25(29)19-6-12-22(28)13-7-19/h4-15,24-25H,16-17H2,1-3H3/t24-,25-/m1/s1. The highest BCUT2D eigenvalue weighted by Crippen LogP contribution is 2.47. The van der Waals surface area contributed by atoms with Crippen LogP contribution < -0.4 is 4.90 Å². The van der Waals surface area contributed by atoms with Gasteiger partial charge in [0.15, 0.2) is 0 Å². The summed E-state index contributed by atoms with van der Waals surface area (Å²) in [5.74, 6) is 0. The Morgan fingerprint density at radius 2 is 1.07 bits per heavy atom. The molecule has 3 heteroatoms. The van der Waals surface area contributed by atoms with Gasteiger partial charge in [-0.05, 0) is 71.3 Å². The molecule has 1 nitrogen and oxygen atoms in total. The van der Waals surface area contributed by atoms with Crippen LogP contribution in [0.2, 0.25) is 0 Å². The van der Waals surface area contributed by atoms with E-state index in [0.29, 0.717) is 12.1 Å². The third kappa shape index (κ3) is 4.46. The largest absolute Gasteiger partial charge is 0.357 e. The highest BCUT2D eigenvalue weighted by Gasteiger charge is 2.35. The molecule has 150 valence electrons. The molecule has 3 aromatic rings. The molecule has 0 N–H and O–H groups in total. The Bertz CT molecular complexity index is 900. The van der Waals surface area contributed by atoms with E-state index >= 15 is 0 Å². The number of anilines is 1. The van der Waals surface area contributed by atoms with E-state index < -0.39 is 0 Å². The lowest BCUT2D eigenvalue weighted by Crippen LogP contribution is -2.26. The van der Waals surface area contributed by atoms with Crippen molar-refractivity contribution in [1.29, 1.82) is 0 Å². The highest BCUT2D eigenvalue weighted by atomic mass is 79.9. The maximum Gasteiger partial charge on any atom is 0.0549 e. The van der Waals surface area contributed by atoms with Gasteiger partial charge in [0.2, 0.25) is 0 Å². The molecular weight excluding hydrogens is 486 g/mol. The van der Waals surface area contributed by atoms with Gasteiger partial charge in [-0.15, -0.1) is 0 Å². The first-order chi connectivity index (χ1) is 13.8. The van der Waals surface area contributed by atoms with Crippen LogP contribution in [0.25, 0.3) is 0 Å². The van der Waals surface area contributed by atoms with Gasteiger partial charge in [-0.3, -0.25) is 0 Å². The summed E-state index contributed by atoms with van der Waals surface area (Å²) in [4.78, 5) is 2.62. The summed E-state index contributed by atoms with van der Waals surface area (Å²) in [5, 5.41) is 0. The van der Waals surface area contributed by atoms with Crippen LogP contribution in [-0.2, 0) is 5.41 Å². The Morgan fingerprint density at radius 1 is 0.655 bits per heavy atom. The highest BCUT2D eigenvalue weighted by molar-refractivity contribution is 9.10. The fourth-order valence-electron chi connectivity index (χ4n) is 4.33. The molecular formula is C26H27Br2N. The van der Waals surface area contributed by atoms with Gasteiger partial charge in [0.05, 0.1) is 12.1 Å². The number of hydrogen-bond donors (Lipinski definition) is 0. The Morgan fingerprint density at radius 3 is 1.45 bits per heavy atom. The van der Waals surface area contributed by atoms with Crippen molar-refractivity contribution in [3.63, 3.8) is 0 Å². The van der Waals surface area contributed by atoms with Crippen LogP contribution in [0.5, 0.6) is 0 Å². The van der Waals surface area contributed by atoms with Crippen LogP contribution in [0.1, 0.15) is 62.4 Å². The lowest BCUT2D eigenvalue weighted by atomic mass is 9.87. The fourth-order valence-corrected chi connectivity index (χ4v) is 4.86. The van der Waals surface area contributed by atoms with Gasteiger partial charge in [0, 0.05) is 14.6 Å². The summed E-state index contributed by atoms with van der Waals surface area (Å²) >= 11 is 7.16. The number of hydrogen-bond acceptors (Lipinski definition) is 1. The third-order valence-electron chi connectivity index (χ3n) is 5.93. The van der Waals surface area contributed by atoms with Gasteiger partial charge in [0.1, 0.15) is 0 Å². The van der Waals surface area contributed by atoms with Crippen molar-refractivity contribution in [2.45, 2.75) is 51.1 Å². The van der Waals surface area contributed by atoms with Gasteiger partial charge in [-0.1, -0.05) is 89.0 Å². The smallest absolute Gasteiger partial charge is 0.0549 e. The zero-order valence-electron chi connectivity index (χ0n) is 17.2. The summed E-state index contributed by atoms with van der Waals surface area (Å²) in [6.45, 7) is 6.81. The van der Waals surface area contributed by atoms with Gasteiger partial charge in [-0.2, -0.15) is 0 Å². The number of halogens is 2. The Labute approximate surface area is 191 Å². The lowest BCUT2D eigenvalue weighted by Gasteiger charge is -2.34. The van der Waals surface area contributed by atoms with Crippen molar-refractivity contribution >= 4 is 37.5 Å². The molecule has 1 heterocycles. The zero-order valence-corrected chi connectivity index (χ0v) is 20.4. The molecule has 0 unspecified atom stereocenters. The summed E-state index contributed by atoms with van der Waals surface area (Å²) < 4.78 is 2.26. The molecule has 0 spiro atoms. The lowest BCUT2D eigenvalue weighted by molar-refractivity contribution is 0.589. The van der Waals surface area contributed by atoms with Crippen molar-refractivity contribution < 1.29 is 0 Å². The van der Waals surface area contributed by atoms with E-state index in [9.17, 15) is 0 Å². The molecule has 4 rings (SSSR count). The van der Waals surface area contributed by atoms with Gasteiger partial charge in [0.25, 0.3) is 0 Å². The Hall–Kier alpha value is -1.58. The Balaban J connectivity index is 1.74. The minimum atomic E-state index is 0.166. The van der Waals surface area contributed by atoms with E-state index in [1.165, 1.54) is 22.4 Å². The maximum atomic E-state index is 3.58. The van der Waals surface area contributed by atoms with Crippen molar-refractivity contribution in [2.24, 2.45) is 0 Å². The van der Waals surface area contributed by atoms with Crippen molar-refractivity contribution in [3.05, 3.63) is 98.4 Å². The molecule has 1 fully saturated rings. The van der Waals surface area contributed by atoms with Gasteiger partial charge >= 0.3 is 0 Å². The number of nitrogens with zero attached hydrogens (tertiary/aromatic N) is 1. The third-order valence-corrected chi connectivity index (χ3v) is 6.98. The first-order valence-electron chi connectivity index (χ1n) is 10.2. The molecule has 1 aliphatic heterocycles. The quantitative estimate of drug-likeness (QED) is 0.339. The average Bonchev–Trinajstić information content (AvgIpc) is 3.13.